The monoisotopic (exact) mass is 455 g/mol. The smallest absolute Gasteiger partial charge is 0.191 e. The number of halogens is 1. The quantitative estimate of drug-likeness (QED) is 0.363. The molecule has 0 spiro atoms. The molecule has 2 saturated heterocycles. The molecule has 2 aliphatic rings. The van der Waals surface area contributed by atoms with Crippen LogP contribution in [-0.2, 0) is 0 Å². The van der Waals surface area contributed by atoms with Crippen LogP contribution >= 0.6 is 35.7 Å². The summed E-state index contributed by atoms with van der Waals surface area (Å²) in [4.78, 5) is 9.41. The maximum atomic E-state index is 4.35. The van der Waals surface area contributed by atoms with Gasteiger partial charge in [-0.2, -0.15) is 11.8 Å². The van der Waals surface area contributed by atoms with Gasteiger partial charge in [-0.1, -0.05) is 6.92 Å². The lowest BCUT2D eigenvalue weighted by Crippen LogP contribution is -2.49. The number of guanidine groups is 1. The molecule has 2 N–H and O–H groups in total. The fourth-order valence-corrected chi connectivity index (χ4v) is 4.37. The van der Waals surface area contributed by atoms with Crippen LogP contribution in [-0.4, -0.2) is 85.7 Å². The maximum absolute atomic E-state index is 4.35. The predicted octanol–water partition coefficient (Wildman–Crippen LogP) is 1.69. The van der Waals surface area contributed by atoms with Crippen LogP contribution in [0.25, 0.3) is 0 Å². The van der Waals surface area contributed by atoms with E-state index in [0.717, 1.165) is 25.6 Å². The second kappa shape index (κ2) is 11.0. The minimum absolute atomic E-state index is 0. The Hall–Kier alpha value is 0.270. The van der Waals surface area contributed by atoms with Crippen molar-refractivity contribution in [2.45, 2.75) is 31.4 Å². The third kappa shape index (κ3) is 7.36. The summed E-state index contributed by atoms with van der Waals surface area (Å²) in [6.07, 6.45) is 2.65. The van der Waals surface area contributed by atoms with Gasteiger partial charge in [-0.25, -0.2) is 0 Å². The summed E-state index contributed by atoms with van der Waals surface area (Å²) < 4.78 is 0.383. The van der Waals surface area contributed by atoms with E-state index in [0.29, 0.717) is 4.75 Å². The van der Waals surface area contributed by atoms with E-state index in [1.807, 2.05) is 7.05 Å². The molecular weight excluding hydrogens is 421 g/mol. The summed E-state index contributed by atoms with van der Waals surface area (Å²) in [5, 5.41) is 6.95. The minimum atomic E-state index is 0. The number of hydrogen-bond acceptors (Lipinski definition) is 4. The molecule has 136 valence electrons. The van der Waals surface area contributed by atoms with Gasteiger partial charge in [0.05, 0.1) is 0 Å². The van der Waals surface area contributed by atoms with Gasteiger partial charge in [-0.3, -0.25) is 9.89 Å². The molecule has 1 atom stereocenters. The first kappa shape index (κ1) is 21.3. The Morgan fingerprint density at radius 3 is 2.43 bits per heavy atom. The number of hydrogen-bond donors (Lipinski definition) is 2. The van der Waals surface area contributed by atoms with E-state index >= 15 is 0 Å². The van der Waals surface area contributed by atoms with E-state index in [1.54, 1.807) is 0 Å². The summed E-state index contributed by atoms with van der Waals surface area (Å²) in [7, 11) is 1.86. The largest absolute Gasteiger partial charge is 0.355 e. The number of thioether (sulfide) groups is 1. The second-order valence-electron chi connectivity index (χ2n) is 6.53. The Kier molecular flexibility index (Phi) is 10.2. The SMILES string of the molecule is CCN1CCN(CCNC(=NC)NCC2(C)CCCS2)CC1.I. The van der Waals surface area contributed by atoms with Crippen molar-refractivity contribution in [2.75, 3.05) is 65.2 Å². The van der Waals surface area contributed by atoms with Gasteiger partial charge in [0.2, 0.25) is 0 Å². The molecule has 2 fully saturated rings. The predicted molar refractivity (Wildman–Crippen MR) is 113 cm³/mol. The standard InChI is InChI=1S/C16H33N5S.HI/c1-4-20-9-11-21(12-10-20)8-7-18-15(17-3)19-14-16(2)6-5-13-22-16;/h4-14H2,1-3H3,(H2,17,18,19);1H. The highest BCUT2D eigenvalue weighted by Gasteiger charge is 2.29. The molecule has 2 aliphatic heterocycles. The van der Waals surface area contributed by atoms with E-state index in [1.165, 1.54) is 51.3 Å². The lowest BCUT2D eigenvalue weighted by atomic mass is 10.1. The van der Waals surface area contributed by atoms with Crippen molar-refractivity contribution in [1.29, 1.82) is 0 Å². The highest BCUT2D eigenvalue weighted by Crippen LogP contribution is 2.36. The van der Waals surface area contributed by atoms with Crippen LogP contribution in [0.3, 0.4) is 0 Å². The highest BCUT2D eigenvalue weighted by atomic mass is 127. The molecule has 0 aliphatic carbocycles. The van der Waals surface area contributed by atoms with Crippen molar-refractivity contribution >= 4 is 41.7 Å². The summed E-state index contributed by atoms with van der Waals surface area (Å²) in [5.41, 5.74) is 0. The van der Waals surface area contributed by atoms with E-state index in [9.17, 15) is 0 Å². The van der Waals surface area contributed by atoms with Crippen molar-refractivity contribution in [1.82, 2.24) is 20.4 Å². The van der Waals surface area contributed by atoms with Gasteiger partial charge in [-0.15, -0.1) is 24.0 Å². The summed E-state index contributed by atoms with van der Waals surface area (Å²) in [6.45, 7) is 13.7. The van der Waals surface area contributed by atoms with Crippen LogP contribution < -0.4 is 10.6 Å². The highest BCUT2D eigenvalue weighted by molar-refractivity contribution is 14.0. The van der Waals surface area contributed by atoms with E-state index in [4.69, 9.17) is 0 Å². The van der Waals surface area contributed by atoms with Crippen molar-refractivity contribution in [3.63, 3.8) is 0 Å². The number of rotatable bonds is 6. The van der Waals surface area contributed by atoms with Crippen LogP contribution in [0.2, 0.25) is 0 Å². The van der Waals surface area contributed by atoms with Crippen molar-refractivity contribution in [2.24, 2.45) is 4.99 Å². The van der Waals surface area contributed by atoms with Crippen LogP contribution in [0.5, 0.6) is 0 Å². The average Bonchev–Trinajstić information content (AvgIpc) is 2.98. The number of piperazine rings is 1. The number of nitrogens with zero attached hydrogens (tertiary/aromatic N) is 3. The van der Waals surface area contributed by atoms with Gasteiger partial charge in [0, 0.05) is 57.6 Å². The van der Waals surface area contributed by atoms with E-state index in [2.05, 4.69) is 51.0 Å². The Balaban J connectivity index is 0.00000264. The van der Waals surface area contributed by atoms with Crippen LogP contribution in [0.15, 0.2) is 4.99 Å². The molecule has 0 bridgehead atoms. The molecule has 7 heteroatoms. The van der Waals surface area contributed by atoms with Crippen LogP contribution in [0, 0.1) is 0 Å². The van der Waals surface area contributed by atoms with Gasteiger partial charge in [0.15, 0.2) is 5.96 Å². The number of nitrogens with one attached hydrogen (secondary N) is 2. The third-order valence-corrected chi connectivity index (χ3v) is 6.32. The third-order valence-electron chi connectivity index (χ3n) is 4.79. The molecule has 23 heavy (non-hydrogen) atoms. The first-order valence-corrected chi connectivity index (χ1v) is 9.67. The van der Waals surface area contributed by atoms with Crippen LogP contribution in [0.1, 0.15) is 26.7 Å². The first-order valence-electron chi connectivity index (χ1n) is 8.68. The summed E-state index contributed by atoms with van der Waals surface area (Å²) in [5.74, 6) is 2.24. The van der Waals surface area contributed by atoms with Crippen molar-refractivity contribution in [3.8, 4) is 0 Å². The number of aliphatic imine (C=N–C) groups is 1. The molecule has 0 amide bonds. The summed E-state index contributed by atoms with van der Waals surface area (Å²) in [6, 6.07) is 0. The van der Waals surface area contributed by atoms with Crippen molar-refractivity contribution in [3.05, 3.63) is 0 Å². The molecule has 2 heterocycles. The lowest BCUT2D eigenvalue weighted by molar-refractivity contribution is 0.139. The molecule has 0 saturated carbocycles. The molecular formula is C16H34IN5S. The van der Waals surface area contributed by atoms with Gasteiger partial charge >= 0.3 is 0 Å². The average molecular weight is 455 g/mol. The molecule has 2 rings (SSSR count). The maximum Gasteiger partial charge on any atom is 0.191 e. The topological polar surface area (TPSA) is 42.9 Å². The molecule has 1 unspecified atom stereocenters. The zero-order valence-electron chi connectivity index (χ0n) is 14.9. The number of likely N-dealkylation sites (N-methyl/N-ethyl adjacent to an activating group) is 1. The fourth-order valence-electron chi connectivity index (χ4n) is 3.13. The normalized spacial score (nSPS) is 26.8. The van der Waals surface area contributed by atoms with E-state index < -0.39 is 0 Å². The molecule has 5 nitrogen and oxygen atoms in total. The van der Waals surface area contributed by atoms with Crippen LogP contribution in [0.4, 0.5) is 0 Å². The fraction of sp³-hybridized carbons (Fsp3) is 0.938. The lowest BCUT2D eigenvalue weighted by Gasteiger charge is -2.34. The Morgan fingerprint density at radius 1 is 1.17 bits per heavy atom. The van der Waals surface area contributed by atoms with Gasteiger partial charge in [-0.05, 0) is 32.1 Å². The van der Waals surface area contributed by atoms with Crippen molar-refractivity contribution < 1.29 is 0 Å². The van der Waals surface area contributed by atoms with Gasteiger partial charge in [0.1, 0.15) is 0 Å². The zero-order chi connectivity index (χ0) is 15.8. The second-order valence-corrected chi connectivity index (χ2v) is 8.21. The Labute approximate surface area is 163 Å². The minimum Gasteiger partial charge on any atom is -0.355 e. The zero-order valence-corrected chi connectivity index (χ0v) is 18.1. The van der Waals surface area contributed by atoms with E-state index in [-0.39, 0.29) is 24.0 Å². The molecule has 0 aromatic rings. The molecule has 0 radical (unpaired) electrons. The molecule has 0 aromatic carbocycles. The first-order chi connectivity index (χ1) is 10.6. The Morgan fingerprint density at radius 2 is 1.87 bits per heavy atom. The summed E-state index contributed by atoms with van der Waals surface area (Å²) >= 11 is 2.09. The van der Waals surface area contributed by atoms with Gasteiger partial charge < -0.3 is 15.5 Å². The van der Waals surface area contributed by atoms with Gasteiger partial charge in [0.25, 0.3) is 0 Å². The molecule has 0 aromatic heterocycles. The Bertz CT molecular complexity index is 352.